The van der Waals surface area contributed by atoms with Crippen LogP contribution in [0, 0.1) is 0 Å². The second-order valence-electron chi connectivity index (χ2n) is 5.03. The number of aromatic nitrogens is 3. The van der Waals surface area contributed by atoms with Crippen molar-refractivity contribution < 1.29 is 4.79 Å². The molecule has 7 nitrogen and oxygen atoms in total. The van der Waals surface area contributed by atoms with Crippen molar-refractivity contribution in [2.75, 3.05) is 26.7 Å². The van der Waals surface area contributed by atoms with E-state index >= 15 is 0 Å². The molecule has 2 aromatic rings. The maximum atomic E-state index is 12.2. The van der Waals surface area contributed by atoms with E-state index in [9.17, 15) is 9.59 Å². The van der Waals surface area contributed by atoms with E-state index in [2.05, 4.69) is 10.4 Å². The quantitative estimate of drug-likeness (QED) is 0.812. The van der Waals surface area contributed by atoms with Gasteiger partial charge < -0.3 is 5.32 Å². The number of hydrogen-bond donors (Lipinski definition) is 1. The zero-order chi connectivity index (χ0) is 14.1. The van der Waals surface area contributed by atoms with Gasteiger partial charge in [0.1, 0.15) is 0 Å². The van der Waals surface area contributed by atoms with Crippen LogP contribution < -0.4 is 11.0 Å². The topological polar surface area (TPSA) is 71.6 Å². The molecule has 0 amide bonds. The van der Waals surface area contributed by atoms with E-state index in [4.69, 9.17) is 0 Å². The second kappa shape index (κ2) is 5.18. The predicted octanol–water partition coefficient (Wildman–Crippen LogP) is -0.570. The Hall–Kier alpha value is -1.99. The molecule has 1 unspecified atom stereocenters. The summed E-state index contributed by atoms with van der Waals surface area (Å²) in [6.45, 7) is 1.91. The number of hydrogen-bond acceptors (Lipinski definition) is 5. The van der Waals surface area contributed by atoms with Crippen molar-refractivity contribution in [3.05, 3.63) is 34.9 Å². The van der Waals surface area contributed by atoms with Gasteiger partial charge in [-0.1, -0.05) is 6.07 Å². The summed E-state index contributed by atoms with van der Waals surface area (Å²) in [5.74, 6) is -0.282. The number of pyridine rings is 1. The van der Waals surface area contributed by atoms with Crippen LogP contribution in [-0.4, -0.2) is 57.7 Å². The molecule has 1 aliphatic heterocycles. The van der Waals surface area contributed by atoms with Gasteiger partial charge in [0, 0.05) is 25.3 Å². The molecule has 0 aromatic carbocycles. The average molecular weight is 275 g/mol. The van der Waals surface area contributed by atoms with Gasteiger partial charge in [0.05, 0.1) is 6.54 Å². The molecule has 1 N–H and O–H groups in total. The fourth-order valence-electron chi connectivity index (χ4n) is 2.56. The minimum absolute atomic E-state index is 0.224. The molecule has 0 bridgehead atoms. The van der Waals surface area contributed by atoms with E-state index in [0.29, 0.717) is 11.7 Å². The predicted molar refractivity (Wildman–Crippen MR) is 74.0 cm³/mol. The fraction of sp³-hybridized carbons (Fsp3) is 0.462. The van der Waals surface area contributed by atoms with E-state index < -0.39 is 5.69 Å². The fourth-order valence-corrected chi connectivity index (χ4v) is 2.56. The number of nitrogens with one attached hydrogen (secondary N) is 1. The zero-order valence-electron chi connectivity index (χ0n) is 11.3. The largest absolute Gasteiger partial charge is 0.357 e. The van der Waals surface area contributed by atoms with E-state index in [-0.39, 0.29) is 12.5 Å². The Kier molecular flexibility index (Phi) is 3.37. The average Bonchev–Trinajstić information content (AvgIpc) is 3.04. The van der Waals surface area contributed by atoms with Crippen molar-refractivity contribution in [2.24, 2.45) is 0 Å². The molecule has 0 aliphatic carbocycles. The summed E-state index contributed by atoms with van der Waals surface area (Å²) in [6, 6.07) is 5.65. The maximum absolute atomic E-state index is 12.2. The molecule has 1 atom stereocenters. The highest BCUT2D eigenvalue weighted by molar-refractivity contribution is 5.80. The van der Waals surface area contributed by atoms with Crippen LogP contribution in [0.3, 0.4) is 0 Å². The summed E-state index contributed by atoms with van der Waals surface area (Å²) in [7, 11) is 1.92. The van der Waals surface area contributed by atoms with Crippen LogP contribution in [0.4, 0.5) is 0 Å². The number of fused-ring (bicyclic) bond motifs is 1. The molecular weight excluding hydrogens is 258 g/mol. The highest BCUT2D eigenvalue weighted by Crippen LogP contribution is 2.08. The zero-order valence-corrected chi connectivity index (χ0v) is 11.3. The highest BCUT2D eigenvalue weighted by Gasteiger charge is 2.24. The molecule has 7 heteroatoms. The van der Waals surface area contributed by atoms with Crippen molar-refractivity contribution in [1.82, 2.24) is 24.4 Å². The van der Waals surface area contributed by atoms with Crippen molar-refractivity contribution in [3.63, 3.8) is 0 Å². The Bertz CT molecular complexity index is 689. The Labute approximate surface area is 115 Å². The maximum Gasteiger partial charge on any atom is 0.357 e. The van der Waals surface area contributed by atoms with Crippen molar-refractivity contribution in [1.29, 1.82) is 0 Å². The molecule has 3 rings (SSSR count). The normalized spacial score (nSPS) is 19.8. The van der Waals surface area contributed by atoms with Gasteiger partial charge in [-0.3, -0.25) is 9.69 Å². The monoisotopic (exact) mass is 275 g/mol. The molecule has 0 radical (unpaired) electrons. The van der Waals surface area contributed by atoms with Gasteiger partial charge in [-0.25, -0.2) is 9.20 Å². The number of nitrogens with zero attached hydrogens (tertiary/aromatic N) is 4. The number of likely N-dealkylation sites (tertiary alicyclic amines) is 1. The molecule has 0 saturated carbocycles. The Morgan fingerprint density at radius 3 is 3.05 bits per heavy atom. The van der Waals surface area contributed by atoms with Crippen LogP contribution >= 0.6 is 0 Å². The summed E-state index contributed by atoms with van der Waals surface area (Å²) >= 11 is 0. The van der Waals surface area contributed by atoms with Crippen LogP contribution in [0.2, 0.25) is 0 Å². The SMILES string of the molecule is CNC1CCN(CC(=O)n2nc3ccccn3c2=O)C1. The van der Waals surface area contributed by atoms with Crippen LogP contribution in [0.25, 0.3) is 5.65 Å². The first-order valence-corrected chi connectivity index (χ1v) is 6.68. The van der Waals surface area contributed by atoms with Gasteiger partial charge >= 0.3 is 5.69 Å². The number of likely N-dealkylation sites (N-methyl/N-ethyl adjacent to an activating group) is 1. The molecule has 1 fully saturated rings. The number of rotatable bonds is 3. The van der Waals surface area contributed by atoms with Gasteiger partial charge in [0.2, 0.25) is 0 Å². The molecule has 1 aliphatic rings. The lowest BCUT2D eigenvalue weighted by atomic mass is 10.3. The molecule has 3 heterocycles. The lowest BCUT2D eigenvalue weighted by molar-refractivity contribution is 0.0841. The van der Waals surface area contributed by atoms with Gasteiger partial charge in [-0.15, -0.1) is 9.78 Å². The summed E-state index contributed by atoms with van der Waals surface area (Å²) in [5, 5.41) is 7.27. The molecule has 2 aromatic heterocycles. The number of carbonyl (C=O) groups is 1. The summed E-state index contributed by atoms with van der Waals surface area (Å²) in [5.41, 5.74) is 0.0790. The minimum Gasteiger partial charge on any atom is -0.316 e. The molecule has 106 valence electrons. The van der Waals surface area contributed by atoms with Crippen molar-refractivity contribution in [2.45, 2.75) is 12.5 Å². The third-order valence-corrected chi connectivity index (χ3v) is 3.70. The molecule has 0 spiro atoms. The first-order chi connectivity index (χ1) is 9.69. The van der Waals surface area contributed by atoms with Gasteiger partial charge in [0.15, 0.2) is 5.65 Å². The van der Waals surface area contributed by atoms with Crippen LogP contribution in [0.15, 0.2) is 29.2 Å². The highest BCUT2D eigenvalue weighted by atomic mass is 16.2. The molecular formula is C13H17N5O2. The Morgan fingerprint density at radius 1 is 1.50 bits per heavy atom. The van der Waals surface area contributed by atoms with E-state index in [1.807, 2.05) is 11.9 Å². The van der Waals surface area contributed by atoms with Gasteiger partial charge in [-0.2, -0.15) is 0 Å². The molecule has 1 saturated heterocycles. The van der Waals surface area contributed by atoms with Gasteiger partial charge in [-0.05, 0) is 25.6 Å². The number of carbonyl (C=O) groups excluding carboxylic acids is 1. The lowest BCUT2D eigenvalue weighted by Gasteiger charge is -2.13. The lowest BCUT2D eigenvalue weighted by Crippen LogP contribution is -2.38. The minimum atomic E-state index is -0.407. The first-order valence-electron chi connectivity index (χ1n) is 6.68. The Balaban J connectivity index is 1.79. The van der Waals surface area contributed by atoms with Crippen LogP contribution in [-0.2, 0) is 0 Å². The van der Waals surface area contributed by atoms with Crippen molar-refractivity contribution in [3.8, 4) is 0 Å². The summed E-state index contributed by atoms with van der Waals surface area (Å²) < 4.78 is 2.33. The first kappa shape index (κ1) is 13.0. The van der Waals surface area contributed by atoms with E-state index in [1.165, 1.54) is 4.40 Å². The van der Waals surface area contributed by atoms with Crippen LogP contribution in [0.1, 0.15) is 11.2 Å². The van der Waals surface area contributed by atoms with Crippen molar-refractivity contribution >= 4 is 11.6 Å². The van der Waals surface area contributed by atoms with Crippen LogP contribution in [0.5, 0.6) is 0 Å². The molecule has 20 heavy (non-hydrogen) atoms. The van der Waals surface area contributed by atoms with E-state index in [1.54, 1.807) is 24.4 Å². The standard InChI is InChI=1S/C13H17N5O2/c1-14-10-5-7-16(8-10)9-12(19)18-13(20)17-6-3-2-4-11(17)15-18/h2-4,6,10,14H,5,7-9H2,1H3. The summed E-state index contributed by atoms with van der Waals surface area (Å²) in [6.07, 6.45) is 2.63. The third-order valence-electron chi connectivity index (χ3n) is 3.70. The smallest absolute Gasteiger partial charge is 0.316 e. The third kappa shape index (κ3) is 2.25. The van der Waals surface area contributed by atoms with E-state index in [0.717, 1.165) is 24.2 Å². The van der Waals surface area contributed by atoms with Gasteiger partial charge in [0.25, 0.3) is 5.91 Å². The Morgan fingerprint density at radius 2 is 2.35 bits per heavy atom. The summed E-state index contributed by atoms with van der Waals surface area (Å²) in [4.78, 5) is 26.3. The second-order valence-corrected chi connectivity index (χ2v) is 5.03.